The van der Waals surface area contributed by atoms with E-state index in [2.05, 4.69) is 16.7 Å². The van der Waals surface area contributed by atoms with Crippen molar-refractivity contribution in [3.8, 4) is 0 Å². The average molecular weight is 292 g/mol. The molecule has 0 aliphatic heterocycles. The van der Waals surface area contributed by atoms with Crippen molar-refractivity contribution >= 4 is 5.91 Å². The normalized spacial score (nSPS) is 14.4. The number of likely N-dealkylation sites (N-methyl/N-ethyl adjacent to an activating group) is 1. The molecule has 1 aromatic rings. The van der Waals surface area contributed by atoms with Crippen LogP contribution < -0.4 is 11.5 Å². The fourth-order valence-corrected chi connectivity index (χ4v) is 2.33. The molecule has 0 radical (unpaired) electrons. The quantitative estimate of drug-likeness (QED) is 0.699. The topological polar surface area (TPSA) is 75.6 Å². The highest BCUT2D eigenvalue weighted by Gasteiger charge is 2.35. The maximum Gasteiger partial charge on any atom is 0.243 e. The highest BCUT2D eigenvalue weighted by atomic mass is 16.1. The molecule has 21 heavy (non-hydrogen) atoms. The predicted molar refractivity (Wildman–Crippen MR) is 86.8 cm³/mol. The van der Waals surface area contributed by atoms with Gasteiger partial charge in [0.1, 0.15) is 5.54 Å². The molecule has 5 nitrogen and oxygen atoms in total. The maximum absolute atomic E-state index is 12.0. The Balaban J connectivity index is 2.91. The van der Waals surface area contributed by atoms with Gasteiger partial charge in [0.25, 0.3) is 0 Å². The number of hydrogen-bond acceptors (Lipinski definition) is 4. The van der Waals surface area contributed by atoms with Crippen LogP contribution in [0.3, 0.4) is 0 Å². The van der Waals surface area contributed by atoms with E-state index in [1.54, 1.807) is 0 Å². The van der Waals surface area contributed by atoms with Crippen LogP contribution in [0, 0.1) is 0 Å². The van der Waals surface area contributed by atoms with Crippen molar-refractivity contribution in [2.75, 3.05) is 40.3 Å². The zero-order chi connectivity index (χ0) is 15.9. The summed E-state index contributed by atoms with van der Waals surface area (Å²) in [5.41, 5.74) is 11.6. The minimum atomic E-state index is -1.15. The third kappa shape index (κ3) is 5.12. The van der Waals surface area contributed by atoms with Gasteiger partial charge in [-0.3, -0.25) is 9.69 Å². The van der Waals surface area contributed by atoms with E-state index in [0.29, 0.717) is 6.54 Å². The molecule has 0 spiro atoms. The van der Waals surface area contributed by atoms with E-state index in [4.69, 9.17) is 11.5 Å². The van der Waals surface area contributed by atoms with Gasteiger partial charge in [0.15, 0.2) is 0 Å². The predicted octanol–water partition coefficient (Wildman–Crippen LogP) is 0.600. The zero-order valence-corrected chi connectivity index (χ0v) is 13.4. The minimum Gasteiger partial charge on any atom is -0.368 e. The molecule has 118 valence electrons. The number of benzene rings is 1. The van der Waals surface area contributed by atoms with Gasteiger partial charge < -0.3 is 16.4 Å². The second kappa shape index (κ2) is 8.12. The Morgan fingerprint density at radius 2 is 1.76 bits per heavy atom. The monoisotopic (exact) mass is 292 g/mol. The van der Waals surface area contributed by atoms with Crippen molar-refractivity contribution in [1.82, 2.24) is 9.80 Å². The van der Waals surface area contributed by atoms with Crippen LogP contribution >= 0.6 is 0 Å². The lowest BCUT2D eigenvalue weighted by atomic mass is 9.89. The first-order valence-corrected chi connectivity index (χ1v) is 7.41. The Kier molecular flexibility index (Phi) is 6.81. The summed E-state index contributed by atoms with van der Waals surface area (Å²) in [5.74, 6) is -0.486. The van der Waals surface area contributed by atoms with Crippen molar-refractivity contribution in [2.45, 2.75) is 18.9 Å². The summed E-state index contributed by atoms with van der Waals surface area (Å²) in [7, 11) is 4.07. The molecule has 0 aromatic heterocycles. The van der Waals surface area contributed by atoms with Gasteiger partial charge in [-0.15, -0.1) is 0 Å². The van der Waals surface area contributed by atoms with Crippen molar-refractivity contribution in [1.29, 1.82) is 0 Å². The van der Waals surface area contributed by atoms with Gasteiger partial charge >= 0.3 is 0 Å². The van der Waals surface area contributed by atoms with Crippen LogP contribution in [0.1, 0.15) is 18.9 Å². The lowest BCUT2D eigenvalue weighted by Crippen LogP contribution is -2.57. The molecule has 1 unspecified atom stereocenters. The van der Waals surface area contributed by atoms with E-state index < -0.39 is 11.4 Å². The molecule has 0 aliphatic rings. The summed E-state index contributed by atoms with van der Waals surface area (Å²) >= 11 is 0. The first-order chi connectivity index (χ1) is 9.90. The fourth-order valence-electron chi connectivity index (χ4n) is 2.33. The number of rotatable bonds is 9. The van der Waals surface area contributed by atoms with Crippen LogP contribution in [0.15, 0.2) is 30.3 Å². The summed E-state index contributed by atoms with van der Waals surface area (Å²) < 4.78 is 0. The number of nitrogens with zero attached hydrogens (tertiary/aromatic N) is 2. The number of nitrogens with two attached hydrogens (primary N) is 2. The molecule has 5 heteroatoms. The minimum absolute atomic E-state index is 0.439. The van der Waals surface area contributed by atoms with Crippen LogP contribution in [0.2, 0.25) is 0 Å². The molecule has 1 rings (SSSR count). The second-order valence-electron chi connectivity index (χ2n) is 5.78. The SMILES string of the molecule is CCCN(CCN(C)C)CC(N)(C(N)=O)c1ccccc1. The van der Waals surface area contributed by atoms with E-state index in [0.717, 1.165) is 31.6 Å². The highest BCUT2D eigenvalue weighted by Crippen LogP contribution is 2.19. The standard InChI is InChI=1S/C16H28N4O/c1-4-10-20(12-11-19(2)3)13-16(18,15(17)21)14-8-6-5-7-9-14/h5-9H,4,10-13,18H2,1-3H3,(H2,17,21). The Labute approximate surface area is 127 Å². The summed E-state index contributed by atoms with van der Waals surface area (Å²) in [4.78, 5) is 16.3. The fraction of sp³-hybridized carbons (Fsp3) is 0.562. The summed E-state index contributed by atoms with van der Waals surface area (Å²) in [6, 6.07) is 9.39. The second-order valence-corrected chi connectivity index (χ2v) is 5.78. The number of primary amides is 1. The molecule has 0 aliphatic carbocycles. The Hall–Kier alpha value is -1.43. The molecular formula is C16H28N4O. The third-order valence-corrected chi connectivity index (χ3v) is 3.60. The van der Waals surface area contributed by atoms with E-state index >= 15 is 0 Å². The molecule has 0 saturated heterocycles. The average Bonchev–Trinajstić information content (AvgIpc) is 2.45. The van der Waals surface area contributed by atoms with Gasteiger partial charge in [0.05, 0.1) is 0 Å². The van der Waals surface area contributed by atoms with E-state index in [1.165, 1.54) is 0 Å². The summed E-state index contributed by atoms with van der Waals surface area (Å²) in [6.45, 7) is 5.23. The maximum atomic E-state index is 12.0. The summed E-state index contributed by atoms with van der Waals surface area (Å²) in [6.07, 6.45) is 1.01. The Bertz CT molecular complexity index is 435. The Morgan fingerprint density at radius 3 is 2.24 bits per heavy atom. The van der Waals surface area contributed by atoms with Crippen molar-refractivity contribution < 1.29 is 4.79 Å². The van der Waals surface area contributed by atoms with Crippen LogP contribution in [-0.4, -0.2) is 56.0 Å². The van der Waals surface area contributed by atoms with Gasteiger partial charge in [-0.1, -0.05) is 37.3 Å². The molecule has 0 heterocycles. The number of hydrogen-bond donors (Lipinski definition) is 2. The zero-order valence-electron chi connectivity index (χ0n) is 13.4. The van der Waals surface area contributed by atoms with Gasteiger partial charge in [0.2, 0.25) is 5.91 Å². The molecule has 1 aromatic carbocycles. The molecule has 0 bridgehead atoms. The van der Waals surface area contributed by atoms with Crippen molar-refractivity contribution in [3.63, 3.8) is 0 Å². The van der Waals surface area contributed by atoms with Crippen LogP contribution in [-0.2, 0) is 10.3 Å². The number of amides is 1. The third-order valence-electron chi connectivity index (χ3n) is 3.60. The Morgan fingerprint density at radius 1 is 1.14 bits per heavy atom. The van der Waals surface area contributed by atoms with Crippen molar-refractivity contribution in [2.24, 2.45) is 11.5 Å². The number of carbonyl (C=O) groups excluding carboxylic acids is 1. The van der Waals surface area contributed by atoms with Gasteiger partial charge in [-0.2, -0.15) is 0 Å². The smallest absolute Gasteiger partial charge is 0.243 e. The van der Waals surface area contributed by atoms with Crippen LogP contribution in [0.25, 0.3) is 0 Å². The lowest BCUT2D eigenvalue weighted by molar-refractivity contribution is -0.124. The van der Waals surface area contributed by atoms with Crippen molar-refractivity contribution in [3.05, 3.63) is 35.9 Å². The molecule has 4 N–H and O–H groups in total. The first-order valence-electron chi connectivity index (χ1n) is 7.41. The van der Waals surface area contributed by atoms with Gasteiger partial charge in [0, 0.05) is 19.6 Å². The largest absolute Gasteiger partial charge is 0.368 e. The lowest BCUT2D eigenvalue weighted by Gasteiger charge is -2.34. The molecule has 1 amide bonds. The van der Waals surface area contributed by atoms with Crippen LogP contribution in [0.5, 0.6) is 0 Å². The van der Waals surface area contributed by atoms with E-state index in [9.17, 15) is 4.79 Å². The molecule has 0 saturated carbocycles. The number of carbonyl (C=O) groups is 1. The molecule has 0 fully saturated rings. The summed E-state index contributed by atoms with van der Waals surface area (Å²) in [5, 5.41) is 0. The molecule has 1 atom stereocenters. The van der Waals surface area contributed by atoms with Gasteiger partial charge in [-0.25, -0.2) is 0 Å². The van der Waals surface area contributed by atoms with Crippen LogP contribution in [0.4, 0.5) is 0 Å². The first kappa shape index (κ1) is 17.6. The highest BCUT2D eigenvalue weighted by molar-refractivity contribution is 5.86. The molecular weight excluding hydrogens is 264 g/mol. The van der Waals surface area contributed by atoms with E-state index in [1.807, 2.05) is 44.4 Å². The van der Waals surface area contributed by atoms with Gasteiger partial charge in [-0.05, 0) is 32.6 Å². The van der Waals surface area contributed by atoms with E-state index in [-0.39, 0.29) is 0 Å².